The molecule has 18 heavy (non-hydrogen) atoms. The summed E-state index contributed by atoms with van der Waals surface area (Å²) in [7, 11) is 4.00. The fourth-order valence-corrected chi connectivity index (χ4v) is 1.67. The predicted octanol–water partition coefficient (Wildman–Crippen LogP) is 1.56. The van der Waals surface area contributed by atoms with E-state index >= 15 is 0 Å². The van der Waals surface area contributed by atoms with E-state index in [0.717, 1.165) is 31.7 Å². The third kappa shape index (κ3) is 6.37. The summed E-state index contributed by atoms with van der Waals surface area (Å²) < 4.78 is 0. The molecule has 2 N–H and O–H groups in total. The molecular formula is C14H23N3O. The van der Waals surface area contributed by atoms with E-state index in [-0.39, 0.29) is 5.91 Å². The van der Waals surface area contributed by atoms with Crippen molar-refractivity contribution < 1.29 is 4.79 Å². The summed E-state index contributed by atoms with van der Waals surface area (Å²) in [6.45, 7) is 2.82. The minimum Gasteiger partial charge on any atom is -0.326 e. The van der Waals surface area contributed by atoms with Gasteiger partial charge in [-0.1, -0.05) is 18.2 Å². The number of hydrogen-bond acceptors (Lipinski definition) is 3. The van der Waals surface area contributed by atoms with Gasteiger partial charge in [-0.15, -0.1) is 0 Å². The number of benzene rings is 1. The van der Waals surface area contributed by atoms with Gasteiger partial charge in [-0.2, -0.15) is 0 Å². The van der Waals surface area contributed by atoms with Gasteiger partial charge in [-0.05, 0) is 45.7 Å². The Morgan fingerprint density at radius 2 is 1.94 bits per heavy atom. The minimum absolute atomic E-state index is 0.0710. The van der Waals surface area contributed by atoms with E-state index in [1.165, 1.54) is 0 Å². The first kappa shape index (κ1) is 14.7. The van der Waals surface area contributed by atoms with Crippen molar-refractivity contribution in [1.29, 1.82) is 0 Å². The molecule has 0 heterocycles. The van der Waals surface area contributed by atoms with Crippen molar-refractivity contribution in [2.75, 3.05) is 39.0 Å². The zero-order valence-corrected chi connectivity index (χ0v) is 11.3. The molecule has 1 aromatic carbocycles. The number of para-hydroxylation sites is 1. The van der Waals surface area contributed by atoms with E-state index in [4.69, 9.17) is 0 Å². The molecule has 0 fully saturated rings. The Kier molecular flexibility index (Phi) is 7.06. The molecule has 1 aromatic rings. The molecule has 0 aliphatic carbocycles. The van der Waals surface area contributed by atoms with Crippen LogP contribution in [0.25, 0.3) is 0 Å². The number of carbonyl (C=O) groups is 1. The summed E-state index contributed by atoms with van der Waals surface area (Å²) >= 11 is 0. The number of nitrogens with zero attached hydrogens (tertiary/aromatic N) is 1. The Morgan fingerprint density at radius 3 is 2.61 bits per heavy atom. The molecule has 0 saturated carbocycles. The van der Waals surface area contributed by atoms with E-state index < -0.39 is 0 Å². The van der Waals surface area contributed by atoms with E-state index in [2.05, 4.69) is 15.5 Å². The van der Waals surface area contributed by atoms with Crippen LogP contribution in [0.2, 0.25) is 0 Å². The molecule has 0 aromatic heterocycles. The Hall–Kier alpha value is -1.39. The van der Waals surface area contributed by atoms with Crippen LogP contribution >= 0.6 is 0 Å². The summed E-state index contributed by atoms with van der Waals surface area (Å²) in [5.74, 6) is 0.0710. The van der Waals surface area contributed by atoms with Gasteiger partial charge < -0.3 is 15.5 Å². The number of hydrogen-bond donors (Lipinski definition) is 2. The lowest BCUT2D eigenvalue weighted by atomic mass is 10.3. The minimum atomic E-state index is 0.0710. The fourth-order valence-electron chi connectivity index (χ4n) is 1.67. The Bertz CT molecular complexity index is 340. The van der Waals surface area contributed by atoms with Gasteiger partial charge in [0.15, 0.2) is 0 Å². The third-order valence-corrected chi connectivity index (χ3v) is 2.74. The van der Waals surface area contributed by atoms with E-state index in [0.29, 0.717) is 6.42 Å². The fraction of sp³-hybridized carbons (Fsp3) is 0.500. The molecule has 0 radical (unpaired) electrons. The first-order chi connectivity index (χ1) is 8.72. The van der Waals surface area contributed by atoms with Crippen molar-refractivity contribution in [1.82, 2.24) is 10.2 Å². The second-order valence-electron chi connectivity index (χ2n) is 4.42. The van der Waals surface area contributed by atoms with Crippen molar-refractivity contribution in [2.24, 2.45) is 0 Å². The topological polar surface area (TPSA) is 44.4 Å². The molecule has 1 amide bonds. The summed E-state index contributed by atoms with van der Waals surface area (Å²) in [5.41, 5.74) is 0.861. The quantitative estimate of drug-likeness (QED) is 0.687. The van der Waals surface area contributed by atoms with Gasteiger partial charge >= 0.3 is 0 Å². The summed E-state index contributed by atoms with van der Waals surface area (Å²) in [5, 5.41) is 6.00. The number of amides is 1. The van der Waals surface area contributed by atoms with Crippen LogP contribution in [0.5, 0.6) is 0 Å². The van der Waals surface area contributed by atoms with Gasteiger partial charge in [0.1, 0.15) is 0 Å². The number of anilines is 1. The highest BCUT2D eigenvalue weighted by atomic mass is 16.1. The predicted molar refractivity (Wildman–Crippen MR) is 75.7 cm³/mol. The summed E-state index contributed by atoms with van der Waals surface area (Å²) in [4.78, 5) is 13.9. The third-order valence-electron chi connectivity index (χ3n) is 2.74. The van der Waals surface area contributed by atoms with Crippen LogP contribution < -0.4 is 10.6 Å². The lowest BCUT2D eigenvalue weighted by Gasteiger charge is -2.16. The maximum Gasteiger partial charge on any atom is 0.225 e. The van der Waals surface area contributed by atoms with Crippen LogP contribution in [0.4, 0.5) is 5.69 Å². The highest BCUT2D eigenvalue weighted by molar-refractivity contribution is 5.90. The lowest BCUT2D eigenvalue weighted by molar-refractivity contribution is -0.116. The SMILES string of the molecule is CNCCCN(C)CCC(=O)Nc1ccccc1. The molecule has 0 spiro atoms. The van der Waals surface area contributed by atoms with E-state index in [1.807, 2.05) is 44.4 Å². The summed E-state index contributed by atoms with van der Waals surface area (Å²) in [6, 6.07) is 9.56. The molecular weight excluding hydrogens is 226 g/mol. The van der Waals surface area contributed by atoms with Crippen molar-refractivity contribution in [3.63, 3.8) is 0 Å². The van der Waals surface area contributed by atoms with Crippen LogP contribution in [0.15, 0.2) is 30.3 Å². The van der Waals surface area contributed by atoms with Gasteiger partial charge in [0, 0.05) is 18.7 Å². The van der Waals surface area contributed by atoms with Gasteiger partial charge in [-0.3, -0.25) is 4.79 Å². The standard InChI is InChI=1S/C14H23N3O/c1-15-10-6-11-17(2)12-9-14(18)16-13-7-4-3-5-8-13/h3-5,7-8,15H,6,9-12H2,1-2H3,(H,16,18). The molecule has 0 aliphatic rings. The van der Waals surface area contributed by atoms with Crippen molar-refractivity contribution in [3.8, 4) is 0 Å². The van der Waals surface area contributed by atoms with Crippen LogP contribution in [0.1, 0.15) is 12.8 Å². The Balaban J connectivity index is 2.17. The molecule has 0 aliphatic heterocycles. The molecule has 4 heteroatoms. The van der Waals surface area contributed by atoms with Gasteiger partial charge in [0.2, 0.25) is 5.91 Å². The van der Waals surface area contributed by atoms with E-state index in [9.17, 15) is 4.79 Å². The van der Waals surface area contributed by atoms with Crippen LogP contribution in [0, 0.1) is 0 Å². The Labute approximate surface area is 109 Å². The van der Waals surface area contributed by atoms with Crippen LogP contribution in [-0.4, -0.2) is 44.5 Å². The normalized spacial score (nSPS) is 10.6. The second kappa shape index (κ2) is 8.66. The molecule has 1 rings (SSSR count). The largest absolute Gasteiger partial charge is 0.326 e. The monoisotopic (exact) mass is 249 g/mol. The molecule has 0 bridgehead atoms. The zero-order chi connectivity index (χ0) is 13.2. The average Bonchev–Trinajstić information content (AvgIpc) is 2.38. The highest BCUT2D eigenvalue weighted by Gasteiger charge is 2.04. The highest BCUT2D eigenvalue weighted by Crippen LogP contribution is 2.05. The van der Waals surface area contributed by atoms with Crippen molar-refractivity contribution >= 4 is 11.6 Å². The first-order valence-corrected chi connectivity index (χ1v) is 6.40. The van der Waals surface area contributed by atoms with Gasteiger partial charge in [0.05, 0.1) is 0 Å². The average molecular weight is 249 g/mol. The number of rotatable bonds is 8. The van der Waals surface area contributed by atoms with Crippen molar-refractivity contribution in [3.05, 3.63) is 30.3 Å². The number of nitrogens with one attached hydrogen (secondary N) is 2. The van der Waals surface area contributed by atoms with Gasteiger partial charge in [0.25, 0.3) is 0 Å². The maximum atomic E-state index is 11.7. The smallest absolute Gasteiger partial charge is 0.225 e. The van der Waals surface area contributed by atoms with Crippen LogP contribution in [0.3, 0.4) is 0 Å². The maximum absolute atomic E-state index is 11.7. The molecule has 100 valence electrons. The van der Waals surface area contributed by atoms with Crippen molar-refractivity contribution in [2.45, 2.75) is 12.8 Å². The molecule has 0 unspecified atom stereocenters. The molecule has 0 atom stereocenters. The summed E-state index contributed by atoms with van der Waals surface area (Å²) in [6.07, 6.45) is 1.64. The first-order valence-electron chi connectivity index (χ1n) is 6.40. The van der Waals surface area contributed by atoms with E-state index in [1.54, 1.807) is 0 Å². The van der Waals surface area contributed by atoms with Gasteiger partial charge in [-0.25, -0.2) is 0 Å². The lowest BCUT2D eigenvalue weighted by Crippen LogP contribution is -2.26. The Morgan fingerprint density at radius 1 is 1.22 bits per heavy atom. The van der Waals surface area contributed by atoms with Crippen LogP contribution in [-0.2, 0) is 4.79 Å². The zero-order valence-electron chi connectivity index (χ0n) is 11.3. The molecule has 4 nitrogen and oxygen atoms in total. The molecule has 0 saturated heterocycles. The second-order valence-corrected chi connectivity index (χ2v) is 4.42. The number of carbonyl (C=O) groups excluding carboxylic acids is 1.